The Labute approximate surface area is 131 Å². The maximum Gasteiger partial charge on any atom is 0.234 e. The molecule has 0 radical (unpaired) electrons. The Balaban J connectivity index is 1.89. The summed E-state index contributed by atoms with van der Waals surface area (Å²) in [5, 5.41) is 2.22. The SMILES string of the molecule is CC(N)C1CCCCN1CC(=O)NC1CS(=O)(=O)CC1Cl. The highest BCUT2D eigenvalue weighted by Crippen LogP contribution is 2.20. The standard InChI is InChI=1S/C13H24ClN3O3S/c1-9(15)12-4-2-3-5-17(12)6-13(18)16-11-8-21(19,20)7-10(11)14/h9-12H,2-8,15H2,1H3,(H,16,18). The molecule has 0 bridgehead atoms. The summed E-state index contributed by atoms with van der Waals surface area (Å²) in [6.07, 6.45) is 3.20. The van der Waals surface area contributed by atoms with Crippen molar-refractivity contribution in [2.45, 2.75) is 49.7 Å². The molecular formula is C13H24ClN3O3S. The zero-order valence-corrected chi connectivity index (χ0v) is 13.9. The predicted octanol–water partition coefficient (Wildman–Crippen LogP) is -0.291. The minimum Gasteiger partial charge on any atom is -0.350 e. The Hall–Kier alpha value is -0.370. The highest BCUT2D eigenvalue weighted by Gasteiger charge is 2.37. The number of hydrogen-bond acceptors (Lipinski definition) is 5. The minimum atomic E-state index is -3.13. The fraction of sp³-hybridized carbons (Fsp3) is 0.923. The molecule has 0 aromatic rings. The maximum absolute atomic E-state index is 12.1. The van der Waals surface area contributed by atoms with Crippen LogP contribution in [-0.4, -0.2) is 67.3 Å². The molecular weight excluding hydrogens is 314 g/mol. The van der Waals surface area contributed by atoms with Gasteiger partial charge in [-0.2, -0.15) is 0 Å². The number of alkyl halides is 1. The summed E-state index contributed by atoms with van der Waals surface area (Å²) in [6, 6.07) is -0.253. The van der Waals surface area contributed by atoms with Crippen LogP contribution in [0.2, 0.25) is 0 Å². The lowest BCUT2D eigenvalue weighted by atomic mass is 9.97. The number of rotatable bonds is 4. The quantitative estimate of drug-likeness (QED) is 0.688. The van der Waals surface area contributed by atoms with Crippen LogP contribution in [0.15, 0.2) is 0 Å². The molecule has 3 N–H and O–H groups in total. The summed E-state index contributed by atoms with van der Waals surface area (Å²) < 4.78 is 23.0. The van der Waals surface area contributed by atoms with Crippen molar-refractivity contribution < 1.29 is 13.2 Å². The smallest absolute Gasteiger partial charge is 0.234 e. The molecule has 2 saturated heterocycles. The van der Waals surface area contributed by atoms with E-state index in [1.807, 2.05) is 6.92 Å². The molecule has 1 amide bonds. The third kappa shape index (κ3) is 4.55. The molecule has 122 valence electrons. The molecule has 2 rings (SSSR count). The molecule has 4 unspecified atom stereocenters. The topological polar surface area (TPSA) is 92.5 Å². The van der Waals surface area contributed by atoms with Crippen molar-refractivity contribution in [3.63, 3.8) is 0 Å². The number of halogens is 1. The van der Waals surface area contributed by atoms with Crippen LogP contribution in [0.3, 0.4) is 0 Å². The molecule has 0 aliphatic carbocycles. The number of nitrogens with one attached hydrogen (secondary N) is 1. The van der Waals surface area contributed by atoms with Crippen LogP contribution in [0, 0.1) is 0 Å². The minimum absolute atomic E-state index is 0.0192. The van der Waals surface area contributed by atoms with E-state index in [4.69, 9.17) is 17.3 Å². The van der Waals surface area contributed by atoms with Gasteiger partial charge in [0.1, 0.15) is 0 Å². The van der Waals surface area contributed by atoms with Crippen molar-refractivity contribution in [2.75, 3.05) is 24.6 Å². The molecule has 0 aromatic carbocycles. The summed E-state index contributed by atoms with van der Waals surface area (Å²) >= 11 is 6.00. The van der Waals surface area contributed by atoms with Gasteiger partial charge in [-0.15, -0.1) is 11.6 Å². The summed E-state index contributed by atoms with van der Waals surface area (Å²) in [7, 11) is -3.13. The molecule has 2 heterocycles. The largest absolute Gasteiger partial charge is 0.350 e. The number of sulfone groups is 1. The van der Waals surface area contributed by atoms with E-state index in [0.29, 0.717) is 0 Å². The first-order chi connectivity index (χ1) is 9.78. The summed E-state index contributed by atoms with van der Waals surface area (Å²) in [5.41, 5.74) is 5.98. The zero-order valence-electron chi connectivity index (χ0n) is 12.3. The fourth-order valence-corrected chi connectivity index (χ4v) is 5.73. The van der Waals surface area contributed by atoms with Gasteiger partial charge in [0, 0.05) is 12.1 Å². The number of amides is 1. The third-order valence-corrected chi connectivity index (χ3v) is 6.62. The molecule has 2 aliphatic rings. The number of hydrogen-bond donors (Lipinski definition) is 2. The zero-order chi connectivity index (χ0) is 15.6. The van der Waals surface area contributed by atoms with Gasteiger partial charge < -0.3 is 11.1 Å². The first-order valence-electron chi connectivity index (χ1n) is 7.42. The monoisotopic (exact) mass is 337 g/mol. The van der Waals surface area contributed by atoms with Crippen LogP contribution in [-0.2, 0) is 14.6 Å². The number of nitrogens with two attached hydrogens (primary N) is 1. The first-order valence-corrected chi connectivity index (χ1v) is 9.68. The Kier molecular flexibility index (Phi) is 5.51. The van der Waals surface area contributed by atoms with Gasteiger partial charge in [0.15, 0.2) is 9.84 Å². The van der Waals surface area contributed by atoms with Crippen LogP contribution in [0.4, 0.5) is 0 Å². The van der Waals surface area contributed by atoms with E-state index >= 15 is 0 Å². The molecule has 4 atom stereocenters. The second kappa shape index (κ2) is 6.81. The Morgan fingerprint density at radius 3 is 2.71 bits per heavy atom. The van der Waals surface area contributed by atoms with Crippen LogP contribution in [0.5, 0.6) is 0 Å². The van der Waals surface area contributed by atoms with E-state index < -0.39 is 21.3 Å². The van der Waals surface area contributed by atoms with Crippen molar-refractivity contribution in [3.8, 4) is 0 Å². The summed E-state index contributed by atoms with van der Waals surface area (Å²) in [4.78, 5) is 14.2. The molecule has 0 saturated carbocycles. The summed E-state index contributed by atoms with van der Waals surface area (Å²) in [5.74, 6) is -0.301. The van der Waals surface area contributed by atoms with Crippen molar-refractivity contribution in [3.05, 3.63) is 0 Å². The Morgan fingerprint density at radius 2 is 2.14 bits per heavy atom. The highest BCUT2D eigenvalue weighted by molar-refractivity contribution is 7.91. The molecule has 0 spiro atoms. The third-order valence-electron chi connectivity index (χ3n) is 4.25. The van der Waals surface area contributed by atoms with Gasteiger partial charge in [0.25, 0.3) is 0 Å². The highest BCUT2D eigenvalue weighted by atomic mass is 35.5. The van der Waals surface area contributed by atoms with Gasteiger partial charge in [-0.25, -0.2) is 8.42 Å². The van der Waals surface area contributed by atoms with Crippen molar-refractivity contribution in [1.82, 2.24) is 10.2 Å². The predicted molar refractivity (Wildman–Crippen MR) is 83.1 cm³/mol. The van der Waals surface area contributed by atoms with Crippen LogP contribution in [0.25, 0.3) is 0 Å². The number of carbonyl (C=O) groups is 1. The van der Waals surface area contributed by atoms with Gasteiger partial charge in [-0.3, -0.25) is 9.69 Å². The molecule has 2 fully saturated rings. The molecule has 2 aliphatic heterocycles. The maximum atomic E-state index is 12.1. The normalized spacial score (nSPS) is 34.5. The van der Waals surface area contributed by atoms with Gasteiger partial charge in [0.05, 0.1) is 29.5 Å². The van der Waals surface area contributed by atoms with E-state index in [9.17, 15) is 13.2 Å². The van der Waals surface area contributed by atoms with E-state index in [1.165, 1.54) is 0 Å². The van der Waals surface area contributed by atoms with E-state index in [0.717, 1.165) is 25.8 Å². The average Bonchev–Trinajstić information content (AvgIpc) is 2.62. The molecule has 8 heteroatoms. The average molecular weight is 338 g/mol. The number of likely N-dealkylation sites (tertiary alicyclic amines) is 1. The van der Waals surface area contributed by atoms with Crippen LogP contribution >= 0.6 is 11.6 Å². The lowest BCUT2D eigenvalue weighted by molar-refractivity contribution is -0.123. The van der Waals surface area contributed by atoms with Crippen molar-refractivity contribution >= 4 is 27.3 Å². The van der Waals surface area contributed by atoms with Crippen LogP contribution in [0.1, 0.15) is 26.2 Å². The lowest BCUT2D eigenvalue weighted by Gasteiger charge is -2.37. The number of nitrogens with zero attached hydrogens (tertiary/aromatic N) is 1. The lowest BCUT2D eigenvalue weighted by Crippen LogP contribution is -2.53. The second-order valence-electron chi connectivity index (χ2n) is 6.16. The van der Waals surface area contributed by atoms with E-state index in [-0.39, 0.29) is 36.0 Å². The van der Waals surface area contributed by atoms with Gasteiger partial charge in [-0.1, -0.05) is 6.42 Å². The van der Waals surface area contributed by atoms with Gasteiger partial charge in [0.2, 0.25) is 5.91 Å². The Morgan fingerprint density at radius 1 is 1.43 bits per heavy atom. The second-order valence-corrected chi connectivity index (χ2v) is 8.87. The Bertz CT molecular complexity index is 483. The number of carbonyl (C=O) groups excluding carboxylic acids is 1. The first kappa shape index (κ1) is 17.0. The fourth-order valence-electron chi connectivity index (χ4n) is 3.18. The van der Waals surface area contributed by atoms with Crippen LogP contribution < -0.4 is 11.1 Å². The number of piperidine rings is 1. The molecule has 6 nitrogen and oxygen atoms in total. The van der Waals surface area contributed by atoms with Gasteiger partial charge >= 0.3 is 0 Å². The van der Waals surface area contributed by atoms with E-state index in [1.54, 1.807) is 0 Å². The molecule has 21 heavy (non-hydrogen) atoms. The summed E-state index contributed by atoms with van der Waals surface area (Å²) in [6.45, 7) is 3.07. The van der Waals surface area contributed by atoms with E-state index in [2.05, 4.69) is 10.2 Å². The van der Waals surface area contributed by atoms with Gasteiger partial charge in [-0.05, 0) is 26.3 Å². The molecule has 0 aromatic heterocycles. The van der Waals surface area contributed by atoms with Crippen molar-refractivity contribution in [2.24, 2.45) is 5.73 Å². The van der Waals surface area contributed by atoms with Crippen molar-refractivity contribution in [1.29, 1.82) is 0 Å².